The first kappa shape index (κ1) is 25.3. The molecule has 0 heterocycles. The van der Waals surface area contributed by atoms with Crippen molar-refractivity contribution in [2.24, 2.45) is 0 Å². The Morgan fingerprint density at radius 1 is 1.06 bits per heavy atom. The van der Waals surface area contributed by atoms with Gasteiger partial charge in [0.1, 0.15) is 6.04 Å². The number of nitrogens with zero attached hydrogens (tertiary/aromatic N) is 1. The molecule has 0 radical (unpaired) electrons. The van der Waals surface area contributed by atoms with Crippen LogP contribution in [0.4, 0.5) is 0 Å². The average Bonchev–Trinajstić information content (AvgIpc) is 2.71. The normalized spacial score (nSPS) is 12.3. The summed E-state index contributed by atoms with van der Waals surface area (Å²) in [6, 6.07) is 17.2. The first-order valence-corrected chi connectivity index (χ1v) is 12.2. The second kappa shape index (κ2) is 12.2. The van der Waals surface area contributed by atoms with E-state index >= 15 is 0 Å². The van der Waals surface area contributed by atoms with Crippen LogP contribution in [-0.4, -0.2) is 40.6 Å². The van der Waals surface area contributed by atoms with Crippen molar-refractivity contribution in [1.29, 1.82) is 0 Å². The fourth-order valence-electron chi connectivity index (χ4n) is 3.30. The number of benzene rings is 2. The van der Waals surface area contributed by atoms with E-state index in [-0.39, 0.29) is 17.4 Å². The first-order chi connectivity index (χ1) is 14.7. The number of nitrogens with one attached hydrogen (secondary N) is 1. The van der Waals surface area contributed by atoms with Crippen molar-refractivity contribution in [3.05, 3.63) is 70.7 Å². The van der Waals surface area contributed by atoms with Crippen LogP contribution in [0, 0.1) is 0 Å². The Balaban J connectivity index is 2.09. The minimum atomic E-state index is -0.489. The highest BCUT2D eigenvalue weighted by atomic mass is 35.5. The number of carbonyl (C=O) groups excluding carboxylic acids is 2. The summed E-state index contributed by atoms with van der Waals surface area (Å²) in [4.78, 5) is 27.9. The van der Waals surface area contributed by atoms with Crippen LogP contribution in [0.1, 0.15) is 45.2 Å². The number of hydrogen-bond acceptors (Lipinski definition) is 3. The molecule has 6 heteroatoms. The SMILES string of the molecule is CC[C@H](C(=O)NC(C)(C)C)N(CCc1ccccc1)C(=O)CSCc1ccccc1Cl. The predicted octanol–water partition coefficient (Wildman–Crippen LogP) is 5.34. The summed E-state index contributed by atoms with van der Waals surface area (Å²) in [6.07, 6.45) is 1.28. The fourth-order valence-corrected chi connectivity index (χ4v) is 4.49. The molecule has 168 valence electrons. The van der Waals surface area contributed by atoms with Crippen LogP contribution < -0.4 is 5.32 Å². The van der Waals surface area contributed by atoms with Gasteiger partial charge < -0.3 is 10.2 Å². The molecule has 0 saturated carbocycles. The molecule has 0 aliphatic heterocycles. The van der Waals surface area contributed by atoms with Crippen molar-refractivity contribution in [1.82, 2.24) is 10.2 Å². The van der Waals surface area contributed by atoms with E-state index in [2.05, 4.69) is 5.32 Å². The van der Waals surface area contributed by atoms with Gasteiger partial charge in [0.2, 0.25) is 11.8 Å². The van der Waals surface area contributed by atoms with E-state index in [0.717, 1.165) is 11.1 Å². The maximum Gasteiger partial charge on any atom is 0.243 e. The molecule has 0 spiro atoms. The van der Waals surface area contributed by atoms with E-state index in [1.54, 1.807) is 4.90 Å². The molecule has 0 aromatic heterocycles. The number of hydrogen-bond donors (Lipinski definition) is 1. The van der Waals surface area contributed by atoms with Gasteiger partial charge in [-0.25, -0.2) is 0 Å². The zero-order valence-electron chi connectivity index (χ0n) is 18.9. The summed E-state index contributed by atoms with van der Waals surface area (Å²) >= 11 is 7.76. The van der Waals surface area contributed by atoms with E-state index < -0.39 is 6.04 Å². The lowest BCUT2D eigenvalue weighted by Gasteiger charge is -2.33. The first-order valence-electron chi connectivity index (χ1n) is 10.7. The third-order valence-electron chi connectivity index (χ3n) is 4.81. The molecule has 2 amide bonds. The monoisotopic (exact) mass is 460 g/mol. The third-order valence-corrected chi connectivity index (χ3v) is 6.14. The quantitative estimate of drug-likeness (QED) is 0.520. The van der Waals surface area contributed by atoms with Crippen molar-refractivity contribution in [2.45, 2.75) is 57.9 Å². The maximum absolute atomic E-state index is 13.2. The molecular weight excluding hydrogens is 428 g/mol. The van der Waals surface area contributed by atoms with Crippen LogP contribution in [0.25, 0.3) is 0 Å². The van der Waals surface area contributed by atoms with E-state index in [4.69, 9.17) is 11.6 Å². The Hall–Kier alpha value is -1.98. The van der Waals surface area contributed by atoms with Crippen molar-refractivity contribution in [2.75, 3.05) is 12.3 Å². The lowest BCUT2D eigenvalue weighted by molar-refractivity contribution is -0.139. The minimum Gasteiger partial charge on any atom is -0.350 e. The summed E-state index contributed by atoms with van der Waals surface area (Å²) in [7, 11) is 0. The second-order valence-electron chi connectivity index (χ2n) is 8.57. The van der Waals surface area contributed by atoms with Gasteiger partial charge >= 0.3 is 0 Å². The lowest BCUT2D eigenvalue weighted by Crippen LogP contribution is -2.54. The topological polar surface area (TPSA) is 49.4 Å². The smallest absolute Gasteiger partial charge is 0.243 e. The van der Waals surface area contributed by atoms with Gasteiger partial charge in [-0.1, -0.05) is 67.1 Å². The number of rotatable bonds is 10. The van der Waals surface area contributed by atoms with Crippen LogP contribution in [0.3, 0.4) is 0 Å². The van der Waals surface area contributed by atoms with E-state index in [1.807, 2.05) is 82.3 Å². The number of thioether (sulfide) groups is 1. The van der Waals surface area contributed by atoms with Crippen LogP contribution in [0.2, 0.25) is 5.02 Å². The summed E-state index contributed by atoms with van der Waals surface area (Å²) in [5, 5.41) is 3.74. The molecular formula is C25H33ClN2O2S. The Kier molecular flexibility index (Phi) is 9.92. The highest BCUT2D eigenvalue weighted by Gasteiger charge is 2.30. The molecule has 31 heavy (non-hydrogen) atoms. The molecule has 1 N–H and O–H groups in total. The van der Waals surface area contributed by atoms with Crippen LogP contribution in [0.15, 0.2) is 54.6 Å². The fraction of sp³-hybridized carbons (Fsp3) is 0.440. The van der Waals surface area contributed by atoms with Crippen molar-refractivity contribution < 1.29 is 9.59 Å². The zero-order chi connectivity index (χ0) is 22.9. The van der Waals surface area contributed by atoms with Crippen LogP contribution in [-0.2, 0) is 21.8 Å². The zero-order valence-corrected chi connectivity index (χ0v) is 20.4. The molecule has 0 unspecified atom stereocenters. The minimum absolute atomic E-state index is 0.0242. The second-order valence-corrected chi connectivity index (χ2v) is 9.96. The highest BCUT2D eigenvalue weighted by molar-refractivity contribution is 7.99. The van der Waals surface area contributed by atoms with E-state index in [1.165, 1.54) is 11.8 Å². The molecule has 0 aliphatic rings. The van der Waals surface area contributed by atoms with Gasteiger partial charge in [-0.3, -0.25) is 9.59 Å². The molecule has 0 bridgehead atoms. The van der Waals surface area contributed by atoms with Crippen molar-refractivity contribution >= 4 is 35.2 Å². The van der Waals surface area contributed by atoms with Gasteiger partial charge in [-0.05, 0) is 50.8 Å². The maximum atomic E-state index is 13.2. The summed E-state index contributed by atoms with van der Waals surface area (Å²) in [5.41, 5.74) is 1.81. The van der Waals surface area contributed by atoms with E-state index in [9.17, 15) is 9.59 Å². The van der Waals surface area contributed by atoms with Gasteiger partial charge in [-0.15, -0.1) is 11.8 Å². The summed E-state index contributed by atoms with van der Waals surface area (Å²) in [6.45, 7) is 8.31. The molecule has 2 rings (SSSR count). The van der Waals surface area contributed by atoms with E-state index in [0.29, 0.717) is 35.9 Å². The number of halogens is 1. The van der Waals surface area contributed by atoms with Crippen molar-refractivity contribution in [3.8, 4) is 0 Å². The Morgan fingerprint density at radius 2 is 1.71 bits per heavy atom. The highest BCUT2D eigenvalue weighted by Crippen LogP contribution is 2.21. The molecule has 0 saturated heterocycles. The Bertz CT molecular complexity index is 852. The average molecular weight is 461 g/mol. The standard InChI is InChI=1S/C25H33ClN2O2S/c1-5-22(24(30)27-25(2,3)4)28(16-15-19-11-7-6-8-12-19)23(29)18-31-17-20-13-9-10-14-21(20)26/h6-14,22H,5,15-18H2,1-4H3,(H,27,30)/t22-/m1/s1. The largest absolute Gasteiger partial charge is 0.350 e. The number of carbonyl (C=O) groups is 2. The Morgan fingerprint density at radius 3 is 2.32 bits per heavy atom. The van der Waals surface area contributed by atoms with Gasteiger partial charge in [0.05, 0.1) is 5.75 Å². The van der Waals surface area contributed by atoms with Gasteiger partial charge in [0.15, 0.2) is 0 Å². The van der Waals surface area contributed by atoms with Gasteiger partial charge in [0, 0.05) is 22.9 Å². The van der Waals surface area contributed by atoms with Gasteiger partial charge in [-0.2, -0.15) is 0 Å². The summed E-state index contributed by atoms with van der Waals surface area (Å²) < 4.78 is 0. The predicted molar refractivity (Wildman–Crippen MR) is 131 cm³/mol. The molecule has 0 fully saturated rings. The molecule has 0 aliphatic carbocycles. The van der Waals surface area contributed by atoms with Crippen LogP contribution >= 0.6 is 23.4 Å². The molecule has 2 aromatic carbocycles. The molecule has 1 atom stereocenters. The number of amides is 2. The Labute approximate surface area is 195 Å². The third kappa shape index (κ3) is 8.58. The molecule has 4 nitrogen and oxygen atoms in total. The van der Waals surface area contributed by atoms with Gasteiger partial charge in [0.25, 0.3) is 0 Å². The van der Waals surface area contributed by atoms with Crippen molar-refractivity contribution in [3.63, 3.8) is 0 Å². The molecule has 2 aromatic rings. The summed E-state index contributed by atoms with van der Waals surface area (Å²) in [5.74, 6) is 0.832. The van der Waals surface area contributed by atoms with Crippen LogP contribution in [0.5, 0.6) is 0 Å². The lowest BCUT2D eigenvalue weighted by atomic mass is 10.1.